The monoisotopic (exact) mass is 510 g/mol. The van der Waals surface area contributed by atoms with E-state index in [9.17, 15) is 14.3 Å². The number of hydrogen-bond acceptors (Lipinski definition) is 4. The Balaban J connectivity index is 1.82. The Bertz CT molecular complexity index is 1230. The highest BCUT2D eigenvalue weighted by Gasteiger charge is 2.42. The first kappa shape index (κ1) is 25.7. The van der Waals surface area contributed by atoms with Crippen LogP contribution in [-0.4, -0.2) is 24.8 Å². The Kier molecular flexibility index (Phi) is 7.97. The average molecular weight is 511 g/mol. The first-order valence-corrected chi connectivity index (χ1v) is 12.0. The molecule has 0 unspecified atom stereocenters. The third-order valence-electron chi connectivity index (χ3n) is 6.54. The molecule has 0 saturated carbocycles. The molecule has 36 heavy (non-hydrogen) atoms. The zero-order valence-electron chi connectivity index (χ0n) is 20.1. The number of methoxy groups -OCH3 is 1. The van der Waals surface area contributed by atoms with Crippen molar-refractivity contribution in [1.29, 1.82) is 0 Å². The van der Waals surface area contributed by atoms with Gasteiger partial charge in [0.1, 0.15) is 5.82 Å². The molecule has 1 N–H and O–H groups in total. The number of carbonyl (C=O) groups is 1. The van der Waals surface area contributed by atoms with Crippen molar-refractivity contribution in [1.82, 2.24) is 0 Å². The summed E-state index contributed by atoms with van der Waals surface area (Å²) >= 11 is 6.15. The van der Waals surface area contributed by atoms with Crippen molar-refractivity contribution in [3.63, 3.8) is 0 Å². The summed E-state index contributed by atoms with van der Waals surface area (Å²) in [5, 5.41) is 9.86. The van der Waals surface area contributed by atoms with Gasteiger partial charge in [0.05, 0.1) is 19.3 Å². The molecule has 1 heterocycles. The molecule has 5 nitrogen and oxygen atoms in total. The van der Waals surface area contributed by atoms with Crippen LogP contribution in [0.3, 0.4) is 0 Å². The van der Waals surface area contributed by atoms with Crippen LogP contribution in [0.25, 0.3) is 0 Å². The molecule has 4 rings (SSSR count). The smallest absolute Gasteiger partial charge is 0.341 e. The highest BCUT2D eigenvalue weighted by molar-refractivity contribution is 6.30. The SMILES string of the molecule is C=C(C)[C@H]1C[C@H](c2ccc(Cl)cc2)[C@H](c2ccc(F)cc2)O[C@@H]1c1cccc(OC)c1OCC(=O)O. The summed E-state index contributed by atoms with van der Waals surface area (Å²) in [5.41, 5.74) is 3.47. The van der Waals surface area contributed by atoms with Gasteiger partial charge < -0.3 is 19.3 Å². The van der Waals surface area contributed by atoms with Gasteiger partial charge in [-0.05, 0) is 54.8 Å². The molecular formula is C29H28ClFO5. The van der Waals surface area contributed by atoms with E-state index < -0.39 is 24.8 Å². The predicted molar refractivity (Wildman–Crippen MR) is 136 cm³/mol. The number of para-hydroxylation sites is 1. The van der Waals surface area contributed by atoms with Crippen LogP contribution in [0, 0.1) is 11.7 Å². The Morgan fingerprint density at radius 1 is 1.08 bits per heavy atom. The largest absolute Gasteiger partial charge is 0.493 e. The van der Waals surface area contributed by atoms with Gasteiger partial charge in [0.25, 0.3) is 0 Å². The van der Waals surface area contributed by atoms with Gasteiger partial charge in [-0.2, -0.15) is 0 Å². The normalized spacial score (nSPS) is 21.6. The maximum absolute atomic E-state index is 13.8. The molecule has 0 bridgehead atoms. The molecule has 1 fully saturated rings. The second-order valence-electron chi connectivity index (χ2n) is 8.94. The number of rotatable bonds is 8. The number of carboxylic acid groups (broad SMARTS) is 1. The van der Waals surface area contributed by atoms with Gasteiger partial charge in [0.2, 0.25) is 0 Å². The van der Waals surface area contributed by atoms with Gasteiger partial charge in [-0.25, -0.2) is 9.18 Å². The van der Waals surface area contributed by atoms with Crippen LogP contribution in [0.15, 0.2) is 78.9 Å². The lowest BCUT2D eigenvalue weighted by Crippen LogP contribution is -2.32. The molecule has 1 aliphatic rings. The second kappa shape index (κ2) is 11.1. The van der Waals surface area contributed by atoms with Crippen molar-refractivity contribution in [3.8, 4) is 11.5 Å². The molecule has 1 aliphatic heterocycles. The Morgan fingerprint density at radius 2 is 1.75 bits per heavy atom. The van der Waals surface area contributed by atoms with Gasteiger partial charge in [0, 0.05) is 22.4 Å². The molecule has 0 aromatic heterocycles. The van der Waals surface area contributed by atoms with E-state index in [1.165, 1.54) is 19.2 Å². The van der Waals surface area contributed by atoms with E-state index in [4.69, 9.17) is 25.8 Å². The van der Waals surface area contributed by atoms with E-state index in [0.717, 1.165) is 16.7 Å². The zero-order chi connectivity index (χ0) is 25.8. The highest BCUT2D eigenvalue weighted by atomic mass is 35.5. The second-order valence-corrected chi connectivity index (χ2v) is 9.37. The standard InChI is InChI=1S/C29H28ClFO5/c1-17(2)23-15-24(18-7-11-20(30)12-8-18)27(19-9-13-21(31)14-10-19)36-28(23)22-5-4-6-25(34-3)29(22)35-16-26(32)33/h4-14,23-24,27-28H,1,15-16H2,2-3H3,(H,32,33)/t23-,24-,27+,28-/m1/s1. The fraction of sp³-hybridized carbons (Fsp3) is 0.276. The third-order valence-corrected chi connectivity index (χ3v) is 6.79. The van der Waals surface area contributed by atoms with Gasteiger partial charge >= 0.3 is 5.97 Å². The Labute approximate surface area is 215 Å². The number of ether oxygens (including phenoxy) is 3. The minimum Gasteiger partial charge on any atom is -0.493 e. The molecule has 7 heteroatoms. The zero-order valence-corrected chi connectivity index (χ0v) is 20.9. The average Bonchev–Trinajstić information content (AvgIpc) is 2.87. The third kappa shape index (κ3) is 5.55. The minimum atomic E-state index is -1.10. The lowest BCUT2D eigenvalue weighted by atomic mass is 9.74. The maximum atomic E-state index is 13.8. The molecular weight excluding hydrogens is 483 g/mol. The van der Waals surface area contributed by atoms with E-state index in [0.29, 0.717) is 28.5 Å². The van der Waals surface area contributed by atoms with Crippen molar-refractivity contribution in [3.05, 3.63) is 106 Å². The Morgan fingerprint density at radius 3 is 2.36 bits per heavy atom. The van der Waals surface area contributed by atoms with Crippen LogP contribution < -0.4 is 9.47 Å². The lowest BCUT2D eigenvalue weighted by Gasteiger charge is -2.43. The number of hydrogen-bond donors (Lipinski definition) is 1. The summed E-state index contributed by atoms with van der Waals surface area (Å²) in [4.78, 5) is 11.3. The van der Waals surface area contributed by atoms with Crippen LogP contribution in [0.4, 0.5) is 4.39 Å². The van der Waals surface area contributed by atoms with E-state index in [2.05, 4.69) is 6.58 Å². The fourth-order valence-electron chi connectivity index (χ4n) is 4.81. The summed E-state index contributed by atoms with van der Waals surface area (Å²) in [6, 6.07) is 19.3. The van der Waals surface area contributed by atoms with Crippen LogP contribution in [0.2, 0.25) is 5.02 Å². The van der Waals surface area contributed by atoms with Crippen LogP contribution in [0.5, 0.6) is 11.5 Å². The number of halogens is 2. The Hall–Kier alpha value is -3.35. The topological polar surface area (TPSA) is 65.0 Å². The van der Waals surface area contributed by atoms with Gasteiger partial charge in [-0.1, -0.05) is 60.2 Å². The van der Waals surface area contributed by atoms with Crippen molar-refractivity contribution in [2.24, 2.45) is 5.92 Å². The molecule has 0 spiro atoms. The van der Waals surface area contributed by atoms with E-state index in [-0.39, 0.29) is 17.7 Å². The molecule has 3 aromatic carbocycles. The van der Waals surface area contributed by atoms with Gasteiger partial charge in [0.15, 0.2) is 18.1 Å². The van der Waals surface area contributed by atoms with E-state index >= 15 is 0 Å². The molecule has 4 atom stereocenters. The minimum absolute atomic E-state index is 0.0559. The summed E-state index contributed by atoms with van der Waals surface area (Å²) in [6.45, 7) is 5.67. The molecule has 0 aliphatic carbocycles. The maximum Gasteiger partial charge on any atom is 0.341 e. The quantitative estimate of drug-likeness (QED) is 0.326. The predicted octanol–water partition coefficient (Wildman–Crippen LogP) is 7.13. The van der Waals surface area contributed by atoms with Crippen molar-refractivity contribution in [2.45, 2.75) is 31.5 Å². The van der Waals surface area contributed by atoms with Gasteiger partial charge in [-0.15, -0.1) is 0 Å². The van der Waals surface area contributed by atoms with Gasteiger partial charge in [-0.3, -0.25) is 0 Å². The molecule has 1 saturated heterocycles. The van der Waals surface area contributed by atoms with Crippen LogP contribution >= 0.6 is 11.6 Å². The lowest BCUT2D eigenvalue weighted by molar-refractivity contribution is -0.139. The van der Waals surface area contributed by atoms with E-state index in [1.54, 1.807) is 18.2 Å². The van der Waals surface area contributed by atoms with Crippen LogP contribution in [-0.2, 0) is 9.53 Å². The van der Waals surface area contributed by atoms with Crippen molar-refractivity contribution >= 4 is 17.6 Å². The summed E-state index contributed by atoms with van der Waals surface area (Å²) in [6.07, 6.45) is -0.217. The summed E-state index contributed by atoms with van der Waals surface area (Å²) in [5.74, 6) is -0.857. The fourth-order valence-corrected chi connectivity index (χ4v) is 4.93. The van der Waals surface area contributed by atoms with Crippen LogP contribution in [0.1, 0.15) is 48.2 Å². The van der Waals surface area contributed by atoms with Crippen molar-refractivity contribution in [2.75, 3.05) is 13.7 Å². The molecule has 188 valence electrons. The first-order chi connectivity index (χ1) is 17.3. The summed E-state index contributed by atoms with van der Waals surface area (Å²) in [7, 11) is 1.50. The highest BCUT2D eigenvalue weighted by Crippen LogP contribution is 2.54. The first-order valence-electron chi connectivity index (χ1n) is 11.6. The van der Waals surface area contributed by atoms with Crippen molar-refractivity contribution < 1.29 is 28.5 Å². The molecule has 0 amide bonds. The van der Waals surface area contributed by atoms with E-state index in [1.807, 2.05) is 43.3 Å². The number of carboxylic acids is 1. The summed E-state index contributed by atoms with van der Waals surface area (Å²) < 4.78 is 31.8. The number of benzene rings is 3. The molecule has 3 aromatic rings. The number of aliphatic carboxylic acids is 1. The molecule has 0 radical (unpaired) electrons.